The molecule has 0 bridgehead atoms. The quantitative estimate of drug-likeness (QED) is 0.554. The van der Waals surface area contributed by atoms with Crippen LogP contribution in [0.4, 0.5) is 5.69 Å². The van der Waals surface area contributed by atoms with Gasteiger partial charge in [-0.25, -0.2) is 0 Å². The van der Waals surface area contributed by atoms with Crippen molar-refractivity contribution in [2.24, 2.45) is 0 Å². The second-order valence-corrected chi connectivity index (χ2v) is 9.18. The normalized spacial score (nSPS) is 14.1. The van der Waals surface area contributed by atoms with Gasteiger partial charge in [-0.15, -0.1) is 11.8 Å². The lowest BCUT2D eigenvalue weighted by Crippen LogP contribution is -2.37. The molecule has 2 amide bonds. The maximum Gasteiger partial charge on any atom is 0.242 e. The third-order valence-corrected chi connectivity index (χ3v) is 7.05. The summed E-state index contributed by atoms with van der Waals surface area (Å²) in [5, 5.41) is 4.11. The van der Waals surface area contributed by atoms with Gasteiger partial charge in [0.15, 0.2) is 0 Å². The van der Waals surface area contributed by atoms with Gasteiger partial charge in [-0.3, -0.25) is 9.59 Å². The Morgan fingerprint density at radius 1 is 1.00 bits per heavy atom. The van der Waals surface area contributed by atoms with Gasteiger partial charge in [-0.05, 0) is 56.4 Å². The third-order valence-electron chi connectivity index (χ3n) is 6.00. The Morgan fingerprint density at radius 3 is 2.58 bits per heavy atom. The van der Waals surface area contributed by atoms with Crippen molar-refractivity contribution in [3.05, 3.63) is 59.8 Å². The van der Waals surface area contributed by atoms with Crippen molar-refractivity contribution in [2.45, 2.75) is 44.6 Å². The molecule has 0 saturated carbocycles. The van der Waals surface area contributed by atoms with E-state index in [2.05, 4.69) is 11.4 Å². The van der Waals surface area contributed by atoms with E-state index in [-0.39, 0.29) is 11.8 Å². The second-order valence-electron chi connectivity index (χ2n) is 8.16. The number of hydrogen-bond donors (Lipinski definition) is 1. The molecule has 0 spiro atoms. The molecule has 1 aromatic heterocycles. The van der Waals surface area contributed by atoms with Crippen LogP contribution in [0.5, 0.6) is 0 Å². The van der Waals surface area contributed by atoms with Crippen LogP contribution in [0.25, 0.3) is 10.9 Å². The van der Waals surface area contributed by atoms with Crippen molar-refractivity contribution >= 4 is 40.2 Å². The van der Waals surface area contributed by atoms with Gasteiger partial charge in [-0.2, -0.15) is 0 Å². The minimum atomic E-state index is -0.0278. The van der Waals surface area contributed by atoms with Gasteiger partial charge >= 0.3 is 0 Å². The van der Waals surface area contributed by atoms with Crippen LogP contribution in [0.2, 0.25) is 0 Å². The average Bonchev–Trinajstić information content (AvgIpc) is 3.13. The molecule has 3 aromatic rings. The Labute approximate surface area is 187 Å². The van der Waals surface area contributed by atoms with Gasteiger partial charge in [0.1, 0.15) is 6.54 Å². The number of rotatable bonds is 6. The molecule has 5 nitrogen and oxygen atoms in total. The summed E-state index contributed by atoms with van der Waals surface area (Å²) < 4.78 is 2.03. The first-order chi connectivity index (χ1) is 15.0. The zero-order chi connectivity index (χ0) is 21.8. The molecule has 4 rings (SSSR count). The standard InChI is InChI=1S/C25H29N3O2S/c1-18-9-8-11-21(19(18)2)26-24(29)17-31-23-15-28(22-12-5-4-10-20(22)23)16-25(30)27-13-6-3-7-14-27/h4-5,8-12,15H,3,6-7,13-14,16-17H2,1-2H3,(H,26,29). The van der Waals surface area contributed by atoms with Crippen LogP contribution >= 0.6 is 11.8 Å². The molecule has 31 heavy (non-hydrogen) atoms. The van der Waals surface area contributed by atoms with Crippen molar-refractivity contribution in [1.82, 2.24) is 9.47 Å². The summed E-state index contributed by atoms with van der Waals surface area (Å²) in [6.45, 7) is 6.12. The summed E-state index contributed by atoms with van der Waals surface area (Å²) in [6.07, 6.45) is 5.41. The molecular formula is C25H29N3O2S. The number of nitrogens with one attached hydrogen (secondary N) is 1. The third kappa shape index (κ3) is 4.96. The van der Waals surface area contributed by atoms with E-state index in [1.54, 1.807) is 0 Å². The van der Waals surface area contributed by atoms with E-state index in [4.69, 9.17) is 0 Å². The molecule has 0 aliphatic carbocycles. The maximum absolute atomic E-state index is 12.8. The van der Waals surface area contributed by atoms with Crippen LogP contribution < -0.4 is 5.32 Å². The molecule has 1 saturated heterocycles. The van der Waals surface area contributed by atoms with Crippen molar-refractivity contribution < 1.29 is 9.59 Å². The number of thioether (sulfide) groups is 1. The number of fused-ring (bicyclic) bond motifs is 1. The van der Waals surface area contributed by atoms with Gasteiger partial charge in [-0.1, -0.05) is 30.3 Å². The number of aromatic nitrogens is 1. The molecule has 0 unspecified atom stereocenters. The zero-order valence-corrected chi connectivity index (χ0v) is 19.0. The predicted molar refractivity (Wildman–Crippen MR) is 128 cm³/mol. The van der Waals surface area contributed by atoms with E-state index in [1.807, 2.05) is 65.9 Å². The van der Waals surface area contributed by atoms with E-state index in [0.717, 1.165) is 58.5 Å². The highest BCUT2D eigenvalue weighted by Gasteiger charge is 2.19. The molecule has 6 heteroatoms. The van der Waals surface area contributed by atoms with Crippen molar-refractivity contribution in [3.8, 4) is 0 Å². The molecule has 0 atom stereocenters. The molecule has 1 aliphatic rings. The highest BCUT2D eigenvalue weighted by molar-refractivity contribution is 8.00. The summed E-state index contributed by atoms with van der Waals surface area (Å²) in [6, 6.07) is 14.0. The maximum atomic E-state index is 12.8. The van der Waals surface area contributed by atoms with Crippen LogP contribution in [0.3, 0.4) is 0 Å². The molecule has 2 heterocycles. The summed E-state index contributed by atoms with van der Waals surface area (Å²) >= 11 is 1.51. The molecule has 162 valence electrons. The van der Waals surface area contributed by atoms with Crippen molar-refractivity contribution in [1.29, 1.82) is 0 Å². The number of carbonyl (C=O) groups excluding carboxylic acids is 2. The van der Waals surface area contributed by atoms with E-state index in [1.165, 1.54) is 18.2 Å². The first-order valence-corrected chi connectivity index (χ1v) is 11.9. The smallest absolute Gasteiger partial charge is 0.242 e. The average molecular weight is 436 g/mol. The zero-order valence-electron chi connectivity index (χ0n) is 18.2. The summed E-state index contributed by atoms with van der Waals surface area (Å²) in [5.74, 6) is 0.464. The van der Waals surface area contributed by atoms with Crippen LogP contribution in [0, 0.1) is 13.8 Å². The molecule has 1 N–H and O–H groups in total. The van der Waals surface area contributed by atoms with Gasteiger partial charge in [0.2, 0.25) is 11.8 Å². The summed E-state index contributed by atoms with van der Waals surface area (Å²) in [7, 11) is 0. The van der Waals surface area contributed by atoms with Gasteiger partial charge in [0.05, 0.1) is 5.75 Å². The highest BCUT2D eigenvalue weighted by Crippen LogP contribution is 2.30. The predicted octanol–water partition coefficient (Wildman–Crippen LogP) is 5.00. The van der Waals surface area contributed by atoms with Gasteiger partial charge < -0.3 is 14.8 Å². The number of piperidine rings is 1. The van der Waals surface area contributed by atoms with Crippen molar-refractivity contribution in [3.63, 3.8) is 0 Å². The first kappa shape index (κ1) is 21.5. The fraction of sp³-hybridized carbons (Fsp3) is 0.360. The minimum Gasteiger partial charge on any atom is -0.341 e. The minimum absolute atomic E-state index is 0.0278. The van der Waals surface area contributed by atoms with Crippen LogP contribution in [0.15, 0.2) is 53.6 Å². The number of likely N-dealkylation sites (tertiary alicyclic amines) is 1. The van der Waals surface area contributed by atoms with E-state index in [9.17, 15) is 9.59 Å². The molecular weight excluding hydrogens is 406 g/mol. The SMILES string of the molecule is Cc1cccc(NC(=O)CSc2cn(CC(=O)N3CCCCC3)c3ccccc23)c1C. The van der Waals surface area contributed by atoms with E-state index >= 15 is 0 Å². The molecule has 2 aromatic carbocycles. The Morgan fingerprint density at radius 2 is 1.77 bits per heavy atom. The van der Waals surface area contributed by atoms with E-state index < -0.39 is 0 Å². The molecule has 1 aliphatic heterocycles. The van der Waals surface area contributed by atoms with E-state index in [0.29, 0.717) is 12.3 Å². The Bertz CT molecular complexity index is 1100. The number of aryl methyl sites for hydroxylation is 1. The lowest BCUT2D eigenvalue weighted by Gasteiger charge is -2.27. The fourth-order valence-electron chi connectivity index (χ4n) is 4.06. The lowest BCUT2D eigenvalue weighted by molar-refractivity contribution is -0.132. The molecule has 1 fully saturated rings. The van der Waals surface area contributed by atoms with Crippen LogP contribution in [-0.4, -0.2) is 40.1 Å². The number of hydrogen-bond acceptors (Lipinski definition) is 3. The Kier molecular flexibility index (Phi) is 6.66. The highest BCUT2D eigenvalue weighted by atomic mass is 32.2. The van der Waals surface area contributed by atoms with Gasteiger partial charge in [0.25, 0.3) is 0 Å². The van der Waals surface area contributed by atoms with Crippen LogP contribution in [-0.2, 0) is 16.1 Å². The lowest BCUT2D eigenvalue weighted by atomic mass is 10.1. The second kappa shape index (κ2) is 9.60. The number of anilines is 1. The molecule has 0 radical (unpaired) electrons. The number of amides is 2. The number of benzene rings is 2. The van der Waals surface area contributed by atoms with Crippen LogP contribution in [0.1, 0.15) is 30.4 Å². The first-order valence-electron chi connectivity index (χ1n) is 10.9. The summed E-state index contributed by atoms with van der Waals surface area (Å²) in [5.41, 5.74) is 4.14. The number of carbonyl (C=O) groups is 2. The Balaban J connectivity index is 1.46. The topological polar surface area (TPSA) is 54.3 Å². The van der Waals surface area contributed by atoms with Crippen molar-refractivity contribution in [2.75, 3.05) is 24.2 Å². The van der Waals surface area contributed by atoms with Gasteiger partial charge in [0, 0.05) is 40.8 Å². The number of nitrogens with zero attached hydrogens (tertiary/aromatic N) is 2. The number of para-hydroxylation sites is 1. The monoisotopic (exact) mass is 435 g/mol. The summed E-state index contributed by atoms with van der Waals surface area (Å²) in [4.78, 5) is 28.4. The Hall–Kier alpha value is -2.73. The largest absolute Gasteiger partial charge is 0.341 e. The fourth-order valence-corrected chi connectivity index (χ4v) is 4.95.